The van der Waals surface area contributed by atoms with Crippen molar-refractivity contribution in [2.45, 2.75) is 106 Å². The van der Waals surface area contributed by atoms with Crippen molar-refractivity contribution in [1.29, 1.82) is 0 Å². The number of ether oxygens (including phenoxy) is 1. The Balaban J connectivity index is 1.21. The van der Waals surface area contributed by atoms with Crippen LogP contribution in [-0.2, 0) is 16.2 Å². The van der Waals surface area contributed by atoms with Crippen molar-refractivity contribution in [2.24, 2.45) is 0 Å². The van der Waals surface area contributed by atoms with E-state index in [4.69, 9.17) is 22.1 Å². The van der Waals surface area contributed by atoms with E-state index in [1.165, 1.54) is 4.90 Å². The number of pyridine rings is 1. The molecular weight excluding hydrogens is 805 g/mol. The first kappa shape index (κ1) is 34.7. The molecule has 0 radical (unpaired) electrons. The van der Waals surface area contributed by atoms with Crippen LogP contribution < -0.4 is 9.64 Å². The maximum absolute atomic E-state index is 8.82. The monoisotopic (exact) mass is 880 g/mol. The molecule has 3 heterocycles. The maximum atomic E-state index is 8.82. The van der Waals surface area contributed by atoms with Crippen molar-refractivity contribution in [3.63, 3.8) is 0 Å². The summed E-state index contributed by atoms with van der Waals surface area (Å²) in [5, 5.41) is 1.93. The summed E-state index contributed by atoms with van der Waals surface area (Å²) in [4.78, 5) is 8.19. The van der Waals surface area contributed by atoms with Crippen LogP contribution in [0.3, 0.4) is 0 Å². The molecule has 0 fully saturated rings. The van der Waals surface area contributed by atoms with Gasteiger partial charge in [-0.3, -0.25) is 4.57 Å². The highest BCUT2D eigenvalue weighted by Crippen LogP contribution is 2.42. The molecule has 0 spiro atoms. The average Bonchev–Trinajstić information content (AvgIpc) is 3.91. The van der Waals surface area contributed by atoms with E-state index in [2.05, 4.69) is 79.0 Å². The van der Waals surface area contributed by atoms with Gasteiger partial charge in [-0.2, -0.15) is 0 Å². The zero-order chi connectivity index (χ0) is 54.5. The van der Waals surface area contributed by atoms with Crippen LogP contribution in [0.15, 0.2) is 134 Å². The van der Waals surface area contributed by atoms with Gasteiger partial charge < -0.3 is 14.5 Å². The average molecular weight is 880 g/mol. The molecule has 336 valence electrons. The first-order chi connectivity index (χ1) is 34.8. The number of hydrogen-bond acceptors (Lipinski definition) is 4. The van der Waals surface area contributed by atoms with Crippen molar-refractivity contribution in [3.05, 3.63) is 178 Å². The van der Waals surface area contributed by atoms with Crippen LogP contribution >= 0.6 is 0 Å². The van der Waals surface area contributed by atoms with Gasteiger partial charge in [-0.25, -0.2) is 4.98 Å². The highest BCUT2D eigenvalue weighted by molar-refractivity contribution is 6.09. The normalized spacial score (nSPS) is 16.2. The van der Waals surface area contributed by atoms with Gasteiger partial charge in [0.05, 0.1) is 23.4 Å². The van der Waals surface area contributed by atoms with Gasteiger partial charge in [-0.1, -0.05) is 129 Å². The number of para-hydroxylation sites is 1. The number of benzene rings is 6. The van der Waals surface area contributed by atoms with Crippen molar-refractivity contribution >= 4 is 33.2 Å². The largest absolute Gasteiger partial charge is 0.457 e. The van der Waals surface area contributed by atoms with Crippen LogP contribution in [0, 0.1) is 27.6 Å². The van der Waals surface area contributed by atoms with Crippen LogP contribution in [0.4, 0.5) is 5.69 Å². The number of rotatable bonds is 7. The van der Waals surface area contributed by atoms with E-state index in [0.717, 1.165) is 60.8 Å². The Hall–Kier alpha value is -6.59. The summed E-state index contributed by atoms with van der Waals surface area (Å²) < 4.78 is 87.3. The second-order valence-electron chi connectivity index (χ2n) is 21.1. The van der Waals surface area contributed by atoms with Gasteiger partial charge in [0, 0.05) is 60.3 Å². The minimum atomic E-state index is -2.48. The van der Waals surface area contributed by atoms with Gasteiger partial charge in [-0.05, 0) is 153 Å². The third-order valence-electron chi connectivity index (χ3n) is 13.0. The fourth-order valence-electron chi connectivity index (χ4n) is 9.27. The molecule has 0 N–H and O–H groups in total. The van der Waals surface area contributed by atoms with Crippen LogP contribution in [0.5, 0.6) is 11.5 Å². The molecule has 1 aliphatic heterocycles. The molecular formula is C61H66N4O. The van der Waals surface area contributed by atoms with E-state index in [9.17, 15) is 0 Å². The van der Waals surface area contributed by atoms with Gasteiger partial charge >= 0.3 is 0 Å². The summed E-state index contributed by atoms with van der Waals surface area (Å²) in [6.07, 6.45) is 3.56. The molecule has 5 heteroatoms. The van der Waals surface area contributed by atoms with Crippen molar-refractivity contribution in [3.8, 4) is 39.6 Å². The van der Waals surface area contributed by atoms with E-state index < -0.39 is 20.7 Å². The predicted octanol–water partition coefficient (Wildman–Crippen LogP) is 16.1. The van der Waals surface area contributed by atoms with Crippen molar-refractivity contribution in [1.82, 2.24) is 14.5 Å². The van der Waals surface area contributed by atoms with E-state index in [1.54, 1.807) is 12.3 Å². The Bertz CT molecular complexity index is 3540. The lowest BCUT2D eigenvalue weighted by Gasteiger charge is -2.24. The molecule has 6 aromatic carbocycles. The molecule has 8 aromatic rings. The summed E-state index contributed by atoms with van der Waals surface area (Å²) in [6.45, 7) is 15.4. The zero-order valence-corrected chi connectivity index (χ0v) is 40.1. The lowest BCUT2D eigenvalue weighted by molar-refractivity contribution is 0.482. The Labute approximate surface area is 406 Å². The van der Waals surface area contributed by atoms with Gasteiger partial charge in [0.2, 0.25) is 0 Å². The summed E-state index contributed by atoms with van der Waals surface area (Å²) in [7, 11) is 0. The molecule has 2 aromatic heterocycles. The van der Waals surface area contributed by atoms with Crippen LogP contribution in [0.25, 0.3) is 55.6 Å². The van der Waals surface area contributed by atoms with E-state index in [0.29, 0.717) is 45.4 Å². The van der Waals surface area contributed by atoms with Gasteiger partial charge in [-0.15, -0.1) is 0 Å². The van der Waals surface area contributed by atoms with E-state index >= 15 is 0 Å². The second-order valence-corrected chi connectivity index (χ2v) is 21.1. The molecule has 0 aliphatic carbocycles. The number of fused-ring (bicyclic) bond motifs is 3. The van der Waals surface area contributed by atoms with Gasteiger partial charge in [0.25, 0.3) is 0 Å². The first-order valence-corrected chi connectivity index (χ1v) is 22.8. The van der Waals surface area contributed by atoms with Gasteiger partial charge in [0.1, 0.15) is 17.3 Å². The lowest BCUT2D eigenvalue weighted by Crippen LogP contribution is -2.23. The highest BCUT2D eigenvalue weighted by atomic mass is 16.5. The number of nitrogens with zero attached hydrogens (tertiary/aromatic N) is 4. The standard InChI is InChI=1S/C61H66N4O/c1-38-27-46(60(8,9)10)28-39(2)57(38)43-25-26-62-56(33-43)65-53-18-16-15-17-51(53)52-24-23-49(35-54(52)65)66-50-32-44(58-40(3)29-47(30-41(58)4)61(11,12)13)31-48(34-50)64-36-55(63(14)37-64)42-19-21-45(22-20-42)59(5,6)7/h15-36H,37H2,1-14H3/i1D3,3D3,14D3. The van der Waals surface area contributed by atoms with Gasteiger partial charge in [0.15, 0.2) is 0 Å². The lowest BCUT2D eigenvalue weighted by atomic mass is 9.82. The molecule has 9 rings (SSSR count). The van der Waals surface area contributed by atoms with E-state index in [1.807, 2.05) is 128 Å². The summed E-state index contributed by atoms with van der Waals surface area (Å²) in [6, 6.07) is 39.1. The molecule has 0 amide bonds. The van der Waals surface area contributed by atoms with Crippen LogP contribution in [0.2, 0.25) is 0 Å². The molecule has 0 atom stereocenters. The third-order valence-corrected chi connectivity index (χ3v) is 13.0. The zero-order valence-electron chi connectivity index (χ0n) is 49.1. The van der Waals surface area contributed by atoms with Crippen LogP contribution in [-0.4, -0.2) is 28.1 Å². The minimum absolute atomic E-state index is 0.00391. The van der Waals surface area contributed by atoms with Crippen molar-refractivity contribution < 1.29 is 17.1 Å². The first-order valence-electron chi connectivity index (χ1n) is 27.3. The number of hydrogen-bond donors (Lipinski definition) is 0. The number of anilines is 1. The molecule has 0 bridgehead atoms. The SMILES string of the molecule is [2H]C([2H])([2H])c1cc(C(C)(C)C)cc(C)c1-c1cc(Oc2ccc3c4ccccc4n(-c4cc(-c5c(C)cc(C(C)(C)C)cc5C([2H])([2H])[2H])ccn4)c3c2)cc(N2C=C(c3ccc(C(C)(C)C)cc3)N(C([2H])([2H])[2H])C2)c1. The molecule has 1 aliphatic rings. The second kappa shape index (κ2) is 16.4. The number of aromatic nitrogens is 2. The summed E-state index contributed by atoms with van der Waals surface area (Å²) in [5.74, 6) is 1.48. The van der Waals surface area contributed by atoms with Crippen LogP contribution in [0.1, 0.15) is 119 Å². The quantitative estimate of drug-likeness (QED) is 0.160. The highest BCUT2D eigenvalue weighted by Gasteiger charge is 2.25. The molecule has 0 unspecified atom stereocenters. The molecule has 0 saturated carbocycles. The minimum Gasteiger partial charge on any atom is -0.457 e. The Morgan fingerprint density at radius 1 is 0.545 bits per heavy atom. The summed E-state index contributed by atoms with van der Waals surface area (Å²) >= 11 is 0. The third kappa shape index (κ3) is 8.41. The fourth-order valence-corrected chi connectivity index (χ4v) is 9.27. The Morgan fingerprint density at radius 2 is 1.17 bits per heavy atom. The van der Waals surface area contributed by atoms with Crippen molar-refractivity contribution in [2.75, 3.05) is 18.5 Å². The molecule has 0 saturated heterocycles. The molecule has 5 nitrogen and oxygen atoms in total. The summed E-state index contributed by atoms with van der Waals surface area (Å²) in [5.41, 5.74) is 10.5. The Kier molecular flexibility index (Phi) is 8.62. The number of aryl methyl sites for hydroxylation is 4. The Morgan fingerprint density at radius 3 is 1.80 bits per heavy atom. The van der Waals surface area contributed by atoms with E-state index in [-0.39, 0.29) is 34.0 Å². The maximum Gasteiger partial charge on any atom is 0.138 e. The fraction of sp³-hybridized carbons (Fsp3) is 0.295. The smallest absolute Gasteiger partial charge is 0.138 e. The molecule has 66 heavy (non-hydrogen) atoms. The predicted molar refractivity (Wildman–Crippen MR) is 281 cm³/mol. The topological polar surface area (TPSA) is 33.5 Å².